The molecule has 0 bridgehead atoms. The van der Waals surface area contributed by atoms with E-state index < -0.39 is 5.60 Å². The summed E-state index contributed by atoms with van der Waals surface area (Å²) in [5, 5.41) is 20.2. The first-order valence-electron chi connectivity index (χ1n) is 7.56. The van der Waals surface area contributed by atoms with Crippen LogP contribution in [-0.2, 0) is 0 Å². The van der Waals surface area contributed by atoms with Crippen molar-refractivity contribution in [2.24, 2.45) is 0 Å². The molecule has 0 aliphatic rings. The van der Waals surface area contributed by atoms with Crippen LogP contribution in [0.2, 0.25) is 0 Å². The first-order valence-corrected chi connectivity index (χ1v) is 7.56. The van der Waals surface area contributed by atoms with Crippen molar-refractivity contribution in [1.82, 2.24) is 4.90 Å². The van der Waals surface area contributed by atoms with E-state index in [0.717, 1.165) is 32.2 Å². The maximum absolute atomic E-state index is 10.8. The molecule has 0 aliphatic heterocycles. The van der Waals surface area contributed by atoms with Gasteiger partial charge in [0.1, 0.15) is 5.75 Å². The monoisotopic (exact) mass is 279 g/mol. The summed E-state index contributed by atoms with van der Waals surface area (Å²) in [7, 11) is 4.11. The third-order valence-corrected chi connectivity index (χ3v) is 3.95. The van der Waals surface area contributed by atoms with Gasteiger partial charge in [0.2, 0.25) is 0 Å². The molecule has 0 aromatic heterocycles. The van der Waals surface area contributed by atoms with Gasteiger partial charge in [-0.3, -0.25) is 0 Å². The number of phenolic OH excluding ortho intramolecular Hbond substituents is 1. The van der Waals surface area contributed by atoms with Gasteiger partial charge in [-0.15, -0.1) is 0 Å². The number of likely N-dealkylation sites (N-methyl/N-ethyl adjacent to an activating group) is 1. The predicted octanol–water partition coefficient (Wildman–Crippen LogP) is 3.37. The van der Waals surface area contributed by atoms with E-state index in [1.807, 2.05) is 12.1 Å². The summed E-state index contributed by atoms with van der Waals surface area (Å²) in [4.78, 5) is 2.15. The summed E-state index contributed by atoms with van der Waals surface area (Å²) in [6, 6.07) is 7.38. The maximum atomic E-state index is 10.8. The van der Waals surface area contributed by atoms with E-state index in [9.17, 15) is 10.2 Å². The van der Waals surface area contributed by atoms with Gasteiger partial charge >= 0.3 is 0 Å². The molecule has 2 N–H and O–H groups in total. The number of rotatable bonds is 8. The van der Waals surface area contributed by atoms with Crippen LogP contribution in [-0.4, -0.2) is 41.4 Å². The van der Waals surface area contributed by atoms with E-state index in [2.05, 4.69) is 32.8 Å². The third-order valence-electron chi connectivity index (χ3n) is 3.95. The van der Waals surface area contributed by atoms with Crippen molar-refractivity contribution in [3.63, 3.8) is 0 Å². The summed E-state index contributed by atoms with van der Waals surface area (Å²) in [6.07, 6.45) is 3.38. The fourth-order valence-electron chi connectivity index (χ4n) is 2.82. The van der Waals surface area contributed by atoms with Crippen molar-refractivity contribution < 1.29 is 10.2 Å². The van der Waals surface area contributed by atoms with Gasteiger partial charge in [-0.2, -0.15) is 0 Å². The average Bonchev–Trinajstić information content (AvgIpc) is 2.38. The van der Waals surface area contributed by atoms with E-state index in [1.54, 1.807) is 12.1 Å². The first kappa shape index (κ1) is 17.0. The first-order chi connectivity index (χ1) is 9.40. The molecule has 0 aliphatic carbocycles. The molecule has 0 radical (unpaired) electrons. The van der Waals surface area contributed by atoms with Crippen molar-refractivity contribution in [1.29, 1.82) is 0 Å². The van der Waals surface area contributed by atoms with Crippen LogP contribution in [0.4, 0.5) is 0 Å². The van der Waals surface area contributed by atoms with Gasteiger partial charge in [-0.25, -0.2) is 0 Å². The predicted molar refractivity (Wildman–Crippen MR) is 84.2 cm³/mol. The Bertz CT molecular complexity index is 388. The molecule has 0 saturated carbocycles. The number of nitrogens with zero attached hydrogens (tertiary/aromatic N) is 1. The van der Waals surface area contributed by atoms with Crippen molar-refractivity contribution in [3.8, 4) is 5.75 Å². The second-order valence-electron chi connectivity index (χ2n) is 6.08. The largest absolute Gasteiger partial charge is 0.508 e. The molecule has 0 spiro atoms. The summed E-state index contributed by atoms with van der Waals surface area (Å²) >= 11 is 0. The van der Waals surface area contributed by atoms with Crippen LogP contribution in [0.25, 0.3) is 0 Å². The minimum absolute atomic E-state index is 0.280. The lowest BCUT2D eigenvalue weighted by Crippen LogP contribution is -2.33. The van der Waals surface area contributed by atoms with E-state index >= 15 is 0 Å². The summed E-state index contributed by atoms with van der Waals surface area (Å²) < 4.78 is 0. The molecule has 114 valence electrons. The molecular weight excluding hydrogens is 250 g/mol. The van der Waals surface area contributed by atoms with Crippen LogP contribution in [0.15, 0.2) is 24.3 Å². The van der Waals surface area contributed by atoms with E-state index in [1.165, 1.54) is 5.56 Å². The number of phenols is 1. The Balaban J connectivity index is 2.91. The Labute approximate surface area is 123 Å². The topological polar surface area (TPSA) is 43.7 Å². The van der Waals surface area contributed by atoms with E-state index in [0.29, 0.717) is 0 Å². The number of aromatic hydroxyl groups is 1. The summed E-state index contributed by atoms with van der Waals surface area (Å²) in [5.41, 5.74) is 0.590. The highest BCUT2D eigenvalue weighted by molar-refractivity contribution is 5.28. The van der Waals surface area contributed by atoms with Crippen molar-refractivity contribution in [2.75, 3.05) is 20.6 Å². The Hall–Kier alpha value is -1.06. The lowest BCUT2D eigenvalue weighted by Gasteiger charge is -2.32. The molecule has 2 atom stereocenters. The quantitative estimate of drug-likeness (QED) is 0.767. The Morgan fingerprint density at radius 2 is 1.75 bits per heavy atom. The lowest BCUT2D eigenvalue weighted by atomic mass is 9.81. The summed E-state index contributed by atoms with van der Waals surface area (Å²) in [6.45, 7) is 5.07. The SMILES string of the molecule is CCCC(O)(CC)CC(CN(C)C)c1ccc(O)cc1. The zero-order valence-electron chi connectivity index (χ0n) is 13.3. The minimum atomic E-state index is -0.590. The molecule has 1 aromatic rings. The highest BCUT2D eigenvalue weighted by Gasteiger charge is 2.28. The van der Waals surface area contributed by atoms with Crippen molar-refractivity contribution in [2.45, 2.75) is 51.0 Å². The summed E-state index contributed by atoms with van der Waals surface area (Å²) in [5.74, 6) is 0.568. The van der Waals surface area contributed by atoms with Crippen LogP contribution in [0.1, 0.15) is 51.0 Å². The van der Waals surface area contributed by atoms with Gasteiger partial charge in [-0.1, -0.05) is 32.4 Å². The van der Waals surface area contributed by atoms with Crippen LogP contribution >= 0.6 is 0 Å². The van der Waals surface area contributed by atoms with Crippen molar-refractivity contribution in [3.05, 3.63) is 29.8 Å². The van der Waals surface area contributed by atoms with E-state index in [4.69, 9.17) is 0 Å². The van der Waals surface area contributed by atoms with Crippen LogP contribution in [0, 0.1) is 0 Å². The standard InChI is InChI=1S/C17H29NO2/c1-5-11-17(20,6-2)12-15(13-18(3)4)14-7-9-16(19)10-8-14/h7-10,15,19-20H,5-6,11-13H2,1-4H3. The number of aliphatic hydroxyl groups is 1. The smallest absolute Gasteiger partial charge is 0.115 e. The van der Waals surface area contributed by atoms with Crippen LogP contribution < -0.4 is 0 Å². The van der Waals surface area contributed by atoms with Crippen LogP contribution in [0.5, 0.6) is 5.75 Å². The van der Waals surface area contributed by atoms with Crippen LogP contribution in [0.3, 0.4) is 0 Å². The Morgan fingerprint density at radius 1 is 1.15 bits per heavy atom. The molecule has 0 saturated heterocycles. The minimum Gasteiger partial charge on any atom is -0.508 e. The number of benzene rings is 1. The fourth-order valence-corrected chi connectivity index (χ4v) is 2.82. The lowest BCUT2D eigenvalue weighted by molar-refractivity contribution is 0.00930. The average molecular weight is 279 g/mol. The van der Waals surface area contributed by atoms with Gasteiger partial charge < -0.3 is 15.1 Å². The molecule has 0 amide bonds. The molecular formula is C17H29NO2. The van der Waals surface area contributed by atoms with E-state index in [-0.39, 0.29) is 11.7 Å². The molecule has 1 rings (SSSR count). The molecule has 20 heavy (non-hydrogen) atoms. The van der Waals surface area contributed by atoms with Gasteiger partial charge in [0.05, 0.1) is 5.60 Å². The Kier molecular flexibility index (Phi) is 6.50. The van der Waals surface area contributed by atoms with Gasteiger partial charge in [0, 0.05) is 6.54 Å². The van der Waals surface area contributed by atoms with Gasteiger partial charge in [0.15, 0.2) is 0 Å². The number of hydrogen-bond acceptors (Lipinski definition) is 3. The molecule has 1 aromatic carbocycles. The molecule has 2 unspecified atom stereocenters. The second kappa shape index (κ2) is 7.65. The highest BCUT2D eigenvalue weighted by atomic mass is 16.3. The maximum Gasteiger partial charge on any atom is 0.115 e. The van der Waals surface area contributed by atoms with Crippen molar-refractivity contribution >= 4 is 0 Å². The fraction of sp³-hybridized carbons (Fsp3) is 0.647. The van der Waals surface area contributed by atoms with Gasteiger partial charge in [0.25, 0.3) is 0 Å². The normalized spacial score (nSPS) is 16.1. The number of hydrogen-bond donors (Lipinski definition) is 2. The second-order valence-corrected chi connectivity index (χ2v) is 6.08. The zero-order valence-corrected chi connectivity index (χ0v) is 13.3. The third kappa shape index (κ3) is 5.14. The zero-order chi connectivity index (χ0) is 15.2. The molecule has 3 heteroatoms. The molecule has 3 nitrogen and oxygen atoms in total. The van der Waals surface area contributed by atoms with Gasteiger partial charge in [-0.05, 0) is 57.0 Å². The Morgan fingerprint density at radius 3 is 2.20 bits per heavy atom. The molecule has 0 fully saturated rings. The molecule has 0 heterocycles. The highest BCUT2D eigenvalue weighted by Crippen LogP contribution is 2.32.